The van der Waals surface area contributed by atoms with Gasteiger partial charge in [-0.2, -0.15) is 0 Å². The van der Waals surface area contributed by atoms with Crippen molar-refractivity contribution in [2.24, 2.45) is 5.14 Å². The SMILES string of the molecule is COc1cc2occ(C)c2cc1/C(C)=C/C(=O)Nc1ccc(S(N)(=O)=O)cc1. The predicted octanol–water partition coefficient (Wildman–Crippen LogP) is 3.44. The molecular formula is C20H20N2O5S. The molecule has 0 aliphatic heterocycles. The number of carbonyl (C=O) groups excluding carboxylic acids is 1. The summed E-state index contributed by atoms with van der Waals surface area (Å²) in [6.45, 7) is 3.75. The molecule has 0 aliphatic carbocycles. The van der Waals surface area contributed by atoms with Crippen LogP contribution in [-0.4, -0.2) is 21.4 Å². The Labute approximate surface area is 162 Å². The summed E-state index contributed by atoms with van der Waals surface area (Å²) in [5.74, 6) is 0.243. The van der Waals surface area contributed by atoms with Crippen LogP contribution in [0.2, 0.25) is 0 Å². The lowest BCUT2D eigenvalue weighted by Crippen LogP contribution is -2.12. The van der Waals surface area contributed by atoms with Gasteiger partial charge in [-0.1, -0.05) is 0 Å². The first-order valence-electron chi connectivity index (χ1n) is 8.37. The van der Waals surface area contributed by atoms with Crippen LogP contribution in [0, 0.1) is 6.92 Å². The van der Waals surface area contributed by atoms with Crippen LogP contribution >= 0.6 is 0 Å². The molecule has 0 radical (unpaired) electrons. The van der Waals surface area contributed by atoms with E-state index in [1.165, 1.54) is 30.3 Å². The number of sulfonamides is 1. The number of hydrogen-bond donors (Lipinski definition) is 2. The van der Waals surface area contributed by atoms with Crippen molar-refractivity contribution in [3.05, 3.63) is 59.9 Å². The monoisotopic (exact) mass is 400 g/mol. The van der Waals surface area contributed by atoms with Gasteiger partial charge in [0.15, 0.2) is 0 Å². The number of nitrogens with two attached hydrogens (primary N) is 1. The second-order valence-electron chi connectivity index (χ2n) is 6.35. The first kappa shape index (κ1) is 19.7. The molecule has 7 nitrogen and oxygen atoms in total. The maximum Gasteiger partial charge on any atom is 0.248 e. The van der Waals surface area contributed by atoms with Crippen LogP contribution in [0.15, 0.2) is 58.1 Å². The maximum absolute atomic E-state index is 12.4. The Bertz CT molecular complexity index is 1180. The van der Waals surface area contributed by atoms with Gasteiger partial charge >= 0.3 is 0 Å². The second kappa shape index (κ2) is 7.49. The fourth-order valence-electron chi connectivity index (χ4n) is 2.84. The summed E-state index contributed by atoms with van der Waals surface area (Å²) in [5.41, 5.74) is 3.64. The molecule has 1 heterocycles. The van der Waals surface area contributed by atoms with Crippen LogP contribution in [0.1, 0.15) is 18.1 Å². The minimum Gasteiger partial charge on any atom is -0.496 e. The number of allylic oxidation sites excluding steroid dienone is 1. The van der Waals surface area contributed by atoms with Crippen LogP contribution in [-0.2, 0) is 14.8 Å². The van der Waals surface area contributed by atoms with Crippen molar-refractivity contribution in [3.63, 3.8) is 0 Å². The Balaban J connectivity index is 1.85. The van der Waals surface area contributed by atoms with Crippen molar-refractivity contribution in [2.75, 3.05) is 12.4 Å². The number of primary sulfonamides is 1. The summed E-state index contributed by atoms with van der Waals surface area (Å²) in [5, 5.41) is 8.70. The Morgan fingerprint density at radius 3 is 2.50 bits per heavy atom. The standard InChI is InChI=1S/C20H20N2O5S/c1-12(16-9-17-13(2)11-27-19(17)10-18(16)26-3)8-20(23)22-14-4-6-15(7-5-14)28(21,24)25/h4-11H,1-3H3,(H,22,23)(H2,21,24,25)/b12-8+. The first-order valence-corrected chi connectivity index (χ1v) is 9.92. The smallest absolute Gasteiger partial charge is 0.248 e. The Morgan fingerprint density at radius 2 is 1.89 bits per heavy atom. The van der Waals surface area contributed by atoms with E-state index in [2.05, 4.69) is 5.32 Å². The molecule has 0 unspecified atom stereocenters. The van der Waals surface area contributed by atoms with E-state index in [9.17, 15) is 13.2 Å². The highest BCUT2D eigenvalue weighted by Gasteiger charge is 2.13. The third kappa shape index (κ3) is 4.08. The first-order chi connectivity index (χ1) is 13.2. The lowest BCUT2D eigenvalue weighted by molar-refractivity contribution is -0.111. The van der Waals surface area contributed by atoms with Gasteiger partial charge < -0.3 is 14.5 Å². The minimum absolute atomic E-state index is 0.0225. The summed E-state index contributed by atoms with van der Waals surface area (Å²) in [7, 11) is -2.22. The molecule has 3 aromatic rings. The summed E-state index contributed by atoms with van der Waals surface area (Å²) < 4.78 is 33.5. The molecule has 0 saturated carbocycles. The molecule has 3 rings (SSSR count). The van der Waals surface area contributed by atoms with Crippen molar-refractivity contribution < 1.29 is 22.4 Å². The quantitative estimate of drug-likeness (QED) is 0.637. The second-order valence-corrected chi connectivity index (χ2v) is 7.91. The molecule has 146 valence electrons. The van der Waals surface area contributed by atoms with Crippen molar-refractivity contribution in [1.82, 2.24) is 0 Å². The average molecular weight is 400 g/mol. The number of furan rings is 1. The Morgan fingerprint density at radius 1 is 1.21 bits per heavy atom. The van der Waals surface area contributed by atoms with E-state index in [0.717, 1.165) is 16.5 Å². The largest absolute Gasteiger partial charge is 0.496 e. The van der Waals surface area contributed by atoms with Crippen LogP contribution in [0.5, 0.6) is 5.75 Å². The molecule has 0 fully saturated rings. The van der Waals surface area contributed by atoms with Crippen LogP contribution in [0.4, 0.5) is 5.69 Å². The van der Waals surface area contributed by atoms with E-state index >= 15 is 0 Å². The van der Waals surface area contributed by atoms with E-state index in [1.807, 2.05) is 19.9 Å². The summed E-state index contributed by atoms with van der Waals surface area (Å²) in [6.07, 6.45) is 3.12. The number of ether oxygens (including phenoxy) is 1. The third-order valence-corrected chi connectivity index (χ3v) is 5.24. The molecular weight excluding hydrogens is 380 g/mol. The predicted molar refractivity (Wildman–Crippen MR) is 108 cm³/mol. The number of aryl methyl sites for hydroxylation is 1. The van der Waals surface area contributed by atoms with Gasteiger partial charge in [0.25, 0.3) is 0 Å². The highest BCUT2D eigenvalue weighted by atomic mass is 32.2. The molecule has 3 N–H and O–H groups in total. The third-order valence-electron chi connectivity index (χ3n) is 4.31. The lowest BCUT2D eigenvalue weighted by atomic mass is 10.0. The fraction of sp³-hybridized carbons (Fsp3) is 0.150. The molecule has 8 heteroatoms. The van der Waals surface area contributed by atoms with Crippen molar-refractivity contribution >= 4 is 38.2 Å². The number of fused-ring (bicyclic) bond motifs is 1. The zero-order valence-electron chi connectivity index (χ0n) is 15.6. The number of rotatable bonds is 5. The highest BCUT2D eigenvalue weighted by molar-refractivity contribution is 7.89. The number of nitrogens with one attached hydrogen (secondary N) is 1. The van der Waals surface area contributed by atoms with Crippen molar-refractivity contribution in [2.45, 2.75) is 18.7 Å². The Hall–Kier alpha value is -3.10. The molecule has 0 atom stereocenters. The van der Waals surface area contributed by atoms with Gasteiger partial charge in [0.2, 0.25) is 15.9 Å². The minimum atomic E-state index is -3.77. The summed E-state index contributed by atoms with van der Waals surface area (Å²) in [4.78, 5) is 12.3. The van der Waals surface area contributed by atoms with Crippen LogP contribution < -0.4 is 15.2 Å². The molecule has 1 aromatic heterocycles. The molecule has 28 heavy (non-hydrogen) atoms. The van der Waals surface area contributed by atoms with Gasteiger partial charge in [0, 0.05) is 28.8 Å². The number of hydrogen-bond acceptors (Lipinski definition) is 5. The van der Waals surface area contributed by atoms with E-state index in [4.69, 9.17) is 14.3 Å². The van der Waals surface area contributed by atoms with Gasteiger partial charge in [-0.05, 0) is 55.3 Å². The van der Waals surface area contributed by atoms with Gasteiger partial charge in [0.1, 0.15) is 11.3 Å². The van der Waals surface area contributed by atoms with Gasteiger partial charge in [-0.15, -0.1) is 0 Å². The van der Waals surface area contributed by atoms with E-state index in [-0.39, 0.29) is 10.8 Å². The molecule has 0 spiro atoms. The molecule has 0 saturated heterocycles. The van der Waals surface area contributed by atoms with Gasteiger partial charge in [-0.3, -0.25) is 4.79 Å². The molecule has 1 amide bonds. The summed E-state index contributed by atoms with van der Waals surface area (Å²) >= 11 is 0. The average Bonchev–Trinajstić information content (AvgIpc) is 3.00. The molecule has 0 bridgehead atoms. The highest BCUT2D eigenvalue weighted by Crippen LogP contribution is 2.33. The topological polar surface area (TPSA) is 112 Å². The number of methoxy groups -OCH3 is 1. The molecule has 2 aromatic carbocycles. The lowest BCUT2D eigenvalue weighted by Gasteiger charge is -2.10. The number of benzene rings is 2. The zero-order chi connectivity index (χ0) is 20.5. The van der Waals surface area contributed by atoms with E-state index in [1.54, 1.807) is 19.4 Å². The van der Waals surface area contributed by atoms with Crippen molar-refractivity contribution in [1.29, 1.82) is 0 Å². The normalized spacial score (nSPS) is 12.2. The van der Waals surface area contributed by atoms with Crippen molar-refractivity contribution in [3.8, 4) is 5.75 Å². The fourth-order valence-corrected chi connectivity index (χ4v) is 3.36. The number of amides is 1. The van der Waals surface area contributed by atoms with Gasteiger partial charge in [-0.25, -0.2) is 13.6 Å². The van der Waals surface area contributed by atoms with Crippen LogP contribution in [0.25, 0.3) is 16.5 Å². The zero-order valence-corrected chi connectivity index (χ0v) is 16.5. The molecule has 0 aliphatic rings. The van der Waals surface area contributed by atoms with Gasteiger partial charge in [0.05, 0.1) is 18.3 Å². The number of carbonyl (C=O) groups is 1. The van der Waals surface area contributed by atoms with E-state index < -0.39 is 10.0 Å². The van der Waals surface area contributed by atoms with Crippen LogP contribution in [0.3, 0.4) is 0 Å². The summed E-state index contributed by atoms with van der Waals surface area (Å²) in [6, 6.07) is 9.33. The number of anilines is 1. The van der Waals surface area contributed by atoms with E-state index in [0.29, 0.717) is 22.6 Å². The maximum atomic E-state index is 12.4. The Kier molecular flexibility index (Phi) is 5.26.